The maximum Gasteiger partial charge on any atom is 0.326 e. The zero-order valence-corrected chi connectivity index (χ0v) is 15.7. The summed E-state index contributed by atoms with van der Waals surface area (Å²) in [6.45, 7) is 0.854. The smallest absolute Gasteiger partial charge is 0.326 e. The van der Waals surface area contributed by atoms with E-state index in [0.717, 1.165) is 11.3 Å². The highest BCUT2D eigenvalue weighted by molar-refractivity contribution is 8.26. The van der Waals surface area contributed by atoms with Crippen molar-refractivity contribution < 1.29 is 14.3 Å². The van der Waals surface area contributed by atoms with Gasteiger partial charge in [-0.25, -0.2) is 4.79 Å². The normalized spacial score (nSPS) is 17.3. The van der Waals surface area contributed by atoms with E-state index in [9.17, 15) is 9.59 Å². The molecule has 2 heterocycles. The first-order chi connectivity index (χ1) is 13.1. The predicted octanol–water partition coefficient (Wildman–Crippen LogP) is 3.61. The third kappa shape index (κ3) is 3.81. The molecule has 2 aromatic carbocycles. The van der Waals surface area contributed by atoms with E-state index in [1.165, 1.54) is 11.8 Å². The van der Waals surface area contributed by atoms with Gasteiger partial charge >= 0.3 is 6.03 Å². The van der Waals surface area contributed by atoms with E-state index in [2.05, 4.69) is 10.6 Å². The molecule has 8 heteroatoms. The quantitative estimate of drug-likeness (QED) is 0.598. The standard InChI is InChI=1S/C19H15N3O3S2/c23-17-16(27-19(26)21-17)11-12-6-7-15-14(10-12)22(8-9-25-15)18(24)20-13-4-2-1-3-5-13/h1-7,10-11H,8-9H2,(H,20,24)(H,21,23,26). The summed E-state index contributed by atoms with van der Waals surface area (Å²) in [6.07, 6.45) is 1.75. The largest absolute Gasteiger partial charge is 0.490 e. The highest BCUT2D eigenvalue weighted by atomic mass is 32.2. The minimum absolute atomic E-state index is 0.211. The molecule has 1 saturated heterocycles. The Morgan fingerprint density at radius 3 is 2.81 bits per heavy atom. The van der Waals surface area contributed by atoms with Crippen LogP contribution in [0, 0.1) is 0 Å². The Labute approximate surface area is 165 Å². The Bertz CT molecular complexity index is 960. The van der Waals surface area contributed by atoms with Gasteiger partial charge in [-0.05, 0) is 35.9 Å². The lowest BCUT2D eigenvalue weighted by molar-refractivity contribution is -0.115. The minimum Gasteiger partial charge on any atom is -0.490 e. The van der Waals surface area contributed by atoms with Gasteiger partial charge < -0.3 is 15.4 Å². The topological polar surface area (TPSA) is 70.7 Å². The van der Waals surface area contributed by atoms with Crippen molar-refractivity contribution in [2.24, 2.45) is 0 Å². The second kappa shape index (κ2) is 7.42. The van der Waals surface area contributed by atoms with Crippen molar-refractivity contribution in [2.75, 3.05) is 23.4 Å². The number of hydrogen-bond acceptors (Lipinski definition) is 5. The van der Waals surface area contributed by atoms with Gasteiger partial charge in [0, 0.05) is 5.69 Å². The van der Waals surface area contributed by atoms with E-state index in [-0.39, 0.29) is 11.9 Å². The van der Waals surface area contributed by atoms with Gasteiger partial charge in [-0.2, -0.15) is 0 Å². The van der Waals surface area contributed by atoms with Crippen LogP contribution in [0.15, 0.2) is 53.4 Å². The Balaban J connectivity index is 1.61. The van der Waals surface area contributed by atoms with Crippen LogP contribution in [0.4, 0.5) is 16.2 Å². The molecule has 3 amide bonds. The van der Waals surface area contributed by atoms with Crippen LogP contribution in [0.1, 0.15) is 5.56 Å². The molecule has 2 aromatic rings. The number of thiocarbonyl (C=S) groups is 1. The van der Waals surface area contributed by atoms with Crippen LogP contribution in [0.2, 0.25) is 0 Å². The van der Waals surface area contributed by atoms with Crippen molar-refractivity contribution in [3.8, 4) is 5.75 Å². The second-order valence-electron chi connectivity index (χ2n) is 5.88. The van der Waals surface area contributed by atoms with Crippen LogP contribution in [-0.4, -0.2) is 29.4 Å². The molecule has 0 bridgehead atoms. The van der Waals surface area contributed by atoms with Crippen LogP contribution in [0.5, 0.6) is 5.75 Å². The third-order valence-electron chi connectivity index (χ3n) is 4.06. The van der Waals surface area contributed by atoms with Crippen LogP contribution in [-0.2, 0) is 4.79 Å². The Morgan fingerprint density at radius 1 is 1.26 bits per heavy atom. The molecule has 0 radical (unpaired) electrons. The fraction of sp³-hybridized carbons (Fsp3) is 0.105. The number of urea groups is 1. The average molecular weight is 397 g/mol. The number of rotatable bonds is 2. The number of carbonyl (C=O) groups is 2. The van der Waals surface area contributed by atoms with Crippen molar-refractivity contribution in [3.63, 3.8) is 0 Å². The lowest BCUT2D eigenvalue weighted by Gasteiger charge is -2.30. The molecule has 2 aliphatic rings. The van der Waals surface area contributed by atoms with Crippen LogP contribution < -0.4 is 20.3 Å². The van der Waals surface area contributed by atoms with Gasteiger partial charge in [0.05, 0.1) is 17.1 Å². The van der Waals surface area contributed by atoms with Gasteiger partial charge in [0.1, 0.15) is 16.7 Å². The molecule has 27 heavy (non-hydrogen) atoms. The minimum atomic E-state index is -0.232. The first-order valence-corrected chi connectivity index (χ1v) is 9.48. The van der Waals surface area contributed by atoms with Crippen molar-refractivity contribution in [2.45, 2.75) is 0 Å². The maximum atomic E-state index is 12.7. The number of amides is 3. The molecule has 1 fully saturated rings. The molecular weight excluding hydrogens is 382 g/mol. The highest BCUT2D eigenvalue weighted by Crippen LogP contribution is 2.34. The molecule has 6 nitrogen and oxygen atoms in total. The fourth-order valence-corrected chi connectivity index (χ4v) is 3.86. The van der Waals surface area contributed by atoms with Crippen molar-refractivity contribution in [1.29, 1.82) is 0 Å². The fourth-order valence-electron chi connectivity index (χ4n) is 2.82. The summed E-state index contributed by atoms with van der Waals surface area (Å²) in [6, 6.07) is 14.5. The van der Waals surface area contributed by atoms with Crippen molar-refractivity contribution in [1.82, 2.24) is 5.32 Å². The molecule has 0 unspecified atom stereocenters. The zero-order valence-electron chi connectivity index (χ0n) is 14.1. The van der Waals surface area contributed by atoms with E-state index in [4.69, 9.17) is 17.0 Å². The number of fused-ring (bicyclic) bond motifs is 1. The van der Waals surface area contributed by atoms with E-state index >= 15 is 0 Å². The first-order valence-electron chi connectivity index (χ1n) is 8.25. The molecule has 0 spiro atoms. The molecule has 2 N–H and O–H groups in total. The van der Waals surface area contributed by atoms with Crippen LogP contribution in [0.25, 0.3) is 6.08 Å². The number of ether oxygens (including phenoxy) is 1. The first kappa shape index (κ1) is 17.6. The average Bonchev–Trinajstić information content (AvgIpc) is 2.99. The van der Waals surface area contributed by atoms with Crippen LogP contribution >= 0.6 is 24.0 Å². The lowest BCUT2D eigenvalue weighted by Crippen LogP contribution is -2.40. The molecule has 0 saturated carbocycles. The summed E-state index contributed by atoms with van der Waals surface area (Å²) in [5.74, 6) is 0.420. The molecule has 4 rings (SSSR count). The SMILES string of the molecule is O=C1NC(=S)SC1=Cc1ccc2c(c1)N(C(=O)Nc1ccccc1)CCO2. The van der Waals surface area contributed by atoms with E-state index in [1.54, 1.807) is 17.0 Å². The monoisotopic (exact) mass is 397 g/mol. The van der Waals surface area contributed by atoms with Gasteiger partial charge in [-0.1, -0.05) is 48.2 Å². The molecule has 0 atom stereocenters. The molecule has 0 aliphatic carbocycles. The second-order valence-corrected chi connectivity index (χ2v) is 7.59. The zero-order chi connectivity index (χ0) is 18.8. The number of carbonyl (C=O) groups excluding carboxylic acids is 2. The van der Waals surface area contributed by atoms with Gasteiger partial charge in [-0.15, -0.1) is 0 Å². The Morgan fingerprint density at radius 2 is 2.07 bits per heavy atom. The third-order valence-corrected chi connectivity index (χ3v) is 5.22. The number of thioether (sulfide) groups is 1. The van der Waals surface area contributed by atoms with E-state index in [0.29, 0.717) is 33.8 Å². The highest BCUT2D eigenvalue weighted by Gasteiger charge is 2.25. The number of anilines is 2. The number of nitrogens with one attached hydrogen (secondary N) is 2. The molecule has 0 aromatic heterocycles. The number of para-hydroxylation sites is 1. The van der Waals surface area contributed by atoms with Gasteiger partial charge in [-0.3, -0.25) is 9.69 Å². The summed E-state index contributed by atoms with van der Waals surface area (Å²) < 4.78 is 6.11. The summed E-state index contributed by atoms with van der Waals surface area (Å²) in [7, 11) is 0. The van der Waals surface area contributed by atoms with Crippen molar-refractivity contribution >= 4 is 57.7 Å². The van der Waals surface area contributed by atoms with Gasteiger partial charge in [0.2, 0.25) is 0 Å². The maximum absolute atomic E-state index is 12.7. The van der Waals surface area contributed by atoms with Crippen molar-refractivity contribution in [3.05, 3.63) is 59.0 Å². The Hall–Kier alpha value is -2.84. The summed E-state index contributed by atoms with van der Waals surface area (Å²) in [5, 5.41) is 5.48. The van der Waals surface area contributed by atoms with E-state index < -0.39 is 0 Å². The van der Waals surface area contributed by atoms with Gasteiger partial charge in [0.15, 0.2) is 0 Å². The summed E-state index contributed by atoms with van der Waals surface area (Å²) in [4.78, 5) is 26.8. The summed E-state index contributed by atoms with van der Waals surface area (Å²) >= 11 is 6.23. The summed E-state index contributed by atoms with van der Waals surface area (Å²) in [5.41, 5.74) is 2.18. The number of hydrogen-bond donors (Lipinski definition) is 2. The Kier molecular flexibility index (Phi) is 4.83. The molecule has 2 aliphatic heterocycles. The molecular formula is C19H15N3O3S2. The number of benzene rings is 2. The number of nitrogens with zero attached hydrogens (tertiary/aromatic N) is 1. The van der Waals surface area contributed by atoms with Crippen LogP contribution in [0.3, 0.4) is 0 Å². The van der Waals surface area contributed by atoms with E-state index in [1.807, 2.05) is 42.5 Å². The lowest BCUT2D eigenvalue weighted by atomic mass is 10.1. The predicted molar refractivity (Wildman–Crippen MR) is 111 cm³/mol. The van der Waals surface area contributed by atoms with Gasteiger partial charge in [0.25, 0.3) is 5.91 Å². The molecule has 136 valence electrons.